The zero-order valence-electron chi connectivity index (χ0n) is 22.6. The Bertz CT molecular complexity index is 1220. The van der Waals surface area contributed by atoms with E-state index in [9.17, 15) is 14.4 Å². The Morgan fingerprint density at radius 1 is 1.13 bits per heavy atom. The number of nitrogens with two attached hydrogens (primary N) is 1. The number of nitrogens with zero attached hydrogens (tertiary/aromatic N) is 2. The van der Waals surface area contributed by atoms with E-state index < -0.39 is 5.91 Å². The largest absolute Gasteiger partial charge is 0.382 e. The Morgan fingerprint density at radius 3 is 2.58 bits per heavy atom. The molecule has 2 aliphatic carbocycles. The number of aryl methyl sites for hydroxylation is 1. The third kappa shape index (κ3) is 5.40. The molecule has 3 fully saturated rings. The van der Waals surface area contributed by atoms with Crippen LogP contribution in [0.3, 0.4) is 0 Å². The van der Waals surface area contributed by atoms with Crippen molar-refractivity contribution in [2.24, 2.45) is 17.6 Å². The molecule has 8 heteroatoms. The number of ketones is 1. The fourth-order valence-corrected chi connectivity index (χ4v) is 6.08. The maximum absolute atomic E-state index is 13.4. The van der Waals surface area contributed by atoms with Gasteiger partial charge in [-0.3, -0.25) is 14.4 Å². The highest BCUT2D eigenvalue weighted by atomic mass is 16.2. The Morgan fingerprint density at radius 2 is 1.92 bits per heavy atom. The van der Waals surface area contributed by atoms with Gasteiger partial charge in [0.1, 0.15) is 5.82 Å². The van der Waals surface area contributed by atoms with Gasteiger partial charge in [-0.25, -0.2) is 4.98 Å². The lowest BCUT2D eigenvalue weighted by molar-refractivity contribution is 0.0933. The lowest BCUT2D eigenvalue weighted by atomic mass is 9.92. The second-order valence-corrected chi connectivity index (χ2v) is 11.4. The molecule has 4 N–H and O–H groups in total. The van der Waals surface area contributed by atoms with E-state index >= 15 is 0 Å². The number of pyridine rings is 1. The van der Waals surface area contributed by atoms with Crippen molar-refractivity contribution in [1.82, 2.24) is 10.3 Å². The molecule has 2 amide bonds. The third-order valence-electron chi connectivity index (χ3n) is 8.53. The molecular formula is C30H39N5O3. The van der Waals surface area contributed by atoms with Crippen molar-refractivity contribution < 1.29 is 14.4 Å². The summed E-state index contributed by atoms with van der Waals surface area (Å²) in [5.74, 6) is 1.18. The molecule has 2 heterocycles. The van der Waals surface area contributed by atoms with Crippen LogP contribution in [0.5, 0.6) is 0 Å². The fourth-order valence-electron chi connectivity index (χ4n) is 6.08. The predicted molar refractivity (Wildman–Crippen MR) is 149 cm³/mol. The fraction of sp³-hybridized carbons (Fsp3) is 0.533. The molecule has 1 aromatic carbocycles. The number of hydrogen-bond donors (Lipinski definition) is 3. The molecule has 0 bridgehead atoms. The van der Waals surface area contributed by atoms with Crippen LogP contribution < -0.4 is 21.3 Å². The van der Waals surface area contributed by atoms with Crippen LogP contribution in [-0.2, 0) is 0 Å². The maximum atomic E-state index is 13.4. The molecule has 2 saturated carbocycles. The SMILES string of the molecule is CC[C@@H](C)Nc1cc(C(=O)NC2CC3CCCN(c4ccc(C(=O)C5CC5)cn4)C3C2)c(C)cc1C(N)=O. The van der Waals surface area contributed by atoms with Crippen LogP contribution in [0.15, 0.2) is 30.5 Å². The van der Waals surface area contributed by atoms with Gasteiger partial charge in [0.25, 0.3) is 11.8 Å². The Hall–Kier alpha value is -3.42. The van der Waals surface area contributed by atoms with E-state index in [1.165, 1.54) is 0 Å². The predicted octanol–water partition coefficient (Wildman–Crippen LogP) is 4.47. The number of fused-ring (bicyclic) bond motifs is 1. The minimum atomic E-state index is -0.510. The van der Waals surface area contributed by atoms with Crippen LogP contribution in [-0.4, -0.2) is 47.3 Å². The summed E-state index contributed by atoms with van der Waals surface area (Å²) in [6.45, 7) is 6.87. The molecule has 4 atom stereocenters. The number of hydrogen-bond acceptors (Lipinski definition) is 6. The van der Waals surface area contributed by atoms with Crippen LogP contribution in [0.4, 0.5) is 11.5 Å². The van der Waals surface area contributed by atoms with Gasteiger partial charge < -0.3 is 21.3 Å². The summed E-state index contributed by atoms with van der Waals surface area (Å²) in [5, 5.41) is 6.60. The number of anilines is 2. The zero-order valence-corrected chi connectivity index (χ0v) is 22.6. The number of rotatable bonds is 9. The lowest BCUT2D eigenvalue weighted by Crippen LogP contribution is -2.43. The number of primary amides is 1. The molecule has 3 unspecified atom stereocenters. The van der Waals surface area contributed by atoms with Crippen molar-refractivity contribution in [3.8, 4) is 0 Å². The number of nitrogens with one attached hydrogen (secondary N) is 2. The molecule has 0 spiro atoms. The normalized spacial score (nSPS) is 23.4. The van der Waals surface area contributed by atoms with Crippen molar-refractivity contribution in [2.45, 2.75) is 83.8 Å². The van der Waals surface area contributed by atoms with Gasteiger partial charge in [0.05, 0.1) is 5.56 Å². The third-order valence-corrected chi connectivity index (χ3v) is 8.53. The first-order chi connectivity index (χ1) is 18.2. The molecule has 8 nitrogen and oxygen atoms in total. The first kappa shape index (κ1) is 26.2. The van der Waals surface area contributed by atoms with Gasteiger partial charge in [0.15, 0.2) is 5.78 Å². The number of Topliss-reactive ketones (excluding diaryl/α,β-unsaturated/α-hetero) is 1. The van der Waals surface area contributed by atoms with Crippen LogP contribution in [0.2, 0.25) is 0 Å². The first-order valence-corrected chi connectivity index (χ1v) is 14.0. The van der Waals surface area contributed by atoms with E-state index in [1.807, 2.05) is 26.0 Å². The van der Waals surface area contributed by atoms with Gasteiger partial charge in [-0.2, -0.15) is 0 Å². The molecule has 1 aliphatic heterocycles. The summed E-state index contributed by atoms with van der Waals surface area (Å²) in [5.41, 5.74) is 8.62. The van der Waals surface area contributed by atoms with E-state index in [0.29, 0.717) is 34.3 Å². The van der Waals surface area contributed by atoms with Crippen molar-refractivity contribution in [3.05, 3.63) is 52.7 Å². The van der Waals surface area contributed by atoms with Crippen LogP contribution >= 0.6 is 0 Å². The highest BCUT2D eigenvalue weighted by Gasteiger charge is 2.41. The minimum Gasteiger partial charge on any atom is -0.382 e. The highest BCUT2D eigenvalue weighted by molar-refractivity contribution is 6.03. The molecule has 0 radical (unpaired) electrons. The number of piperidine rings is 1. The number of carbonyl (C=O) groups excluding carboxylic acids is 3. The van der Waals surface area contributed by atoms with Crippen molar-refractivity contribution in [2.75, 3.05) is 16.8 Å². The average molecular weight is 518 g/mol. The number of aromatic nitrogens is 1. The number of amides is 2. The van der Waals surface area contributed by atoms with E-state index in [0.717, 1.165) is 62.9 Å². The molecule has 3 aliphatic rings. The summed E-state index contributed by atoms with van der Waals surface area (Å²) in [7, 11) is 0. The van der Waals surface area contributed by atoms with Crippen molar-refractivity contribution >= 4 is 29.1 Å². The van der Waals surface area contributed by atoms with E-state index in [1.54, 1.807) is 18.3 Å². The van der Waals surface area contributed by atoms with Crippen molar-refractivity contribution in [3.63, 3.8) is 0 Å². The summed E-state index contributed by atoms with van der Waals surface area (Å²) < 4.78 is 0. The zero-order chi connectivity index (χ0) is 27.0. The van der Waals surface area contributed by atoms with Crippen LogP contribution in [0, 0.1) is 18.8 Å². The molecule has 1 aromatic heterocycles. The monoisotopic (exact) mass is 517 g/mol. The van der Waals surface area contributed by atoms with Crippen LogP contribution in [0.1, 0.15) is 95.4 Å². The van der Waals surface area contributed by atoms with Gasteiger partial charge in [-0.05, 0) is 94.5 Å². The number of benzene rings is 1. The van der Waals surface area contributed by atoms with Crippen LogP contribution in [0.25, 0.3) is 0 Å². The second-order valence-electron chi connectivity index (χ2n) is 11.4. The van der Waals surface area contributed by atoms with Gasteiger partial charge in [0.2, 0.25) is 0 Å². The topological polar surface area (TPSA) is 117 Å². The second kappa shape index (κ2) is 10.8. The molecule has 5 rings (SSSR count). The Balaban J connectivity index is 1.28. The smallest absolute Gasteiger partial charge is 0.251 e. The van der Waals surface area contributed by atoms with Gasteiger partial charge >= 0.3 is 0 Å². The van der Waals surface area contributed by atoms with E-state index in [2.05, 4.69) is 27.4 Å². The quantitative estimate of drug-likeness (QED) is 0.423. The minimum absolute atomic E-state index is 0.0648. The first-order valence-electron chi connectivity index (χ1n) is 14.0. The van der Waals surface area contributed by atoms with E-state index in [-0.39, 0.29) is 29.7 Å². The van der Waals surface area contributed by atoms with Gasteiger partial charge in [-0.15, -0.1) is 0 Å². The molecule has 38 heavy (non-hydrogen) atoms. The Kier molecular flexibility index (Phi) is 7.41. The molecule has 1 saturated heterocycles. The molecule has 202 valence electrons. The molecular weight excluding hydrogens is 478 g/mol. The lowest BCUT2D eigenvalue weighted by Gasteiger charge is -2.38. The summed E-state index contributed by atoms with van der Waals surface area (Å²) in [4.78, 5) is 44.9. The number of carbonyl (C=O) groups is 3. The summed E-state index contributed by atoms with van der Waals surface area (Å²) in [6, 6.07) is 7.90. The van der Waals surface area contributed by atoms with Crippen molar-refractivity contribution in [1.29, 1.82) is 0 Å². The average Bonchev–Trinajstić information content (AvgIpc) is 3.68. The van der Waals surface area contributed by atoms with Gasteiger partial charge in [0, 0.05) is 53.6 Å². The summed E-state index contributed by atoms with van der Waals surface area (Å²) in [6.07, 6.45) is 8.62. The Labute approximate surface area is 224 Å². The highest BCUT2D eigenvalue weighted by Crippen LogP contribution is 2.39. The summed E-state index contributed by atoms with van der Waals surface area (Å²) >= 11 is 0. The maximum Gasteiger partial charge on any atom is 0.251 e. The standard InChI is InChI=1S/C30H39N5O3/c1-4-18(3)33-25-15-23(17(2)12-24(25)29(31)37)30(38)34-22-13-20-6-5-11-35(26(20)14-22)27-10-9-21(16-32-27)28(36)19-7-8-19/h9-10,12,15-16,18-20,22,26,33H,4-8,11,13-14H2,1-3H3,(H2,31,37)(H,34,38)/t18-,20?,22?,26?/m1/s1. The van der Waals surface area contributed by atoms with Gasteiger partial charge in [-0.1, -0.05) is 6.92 Å². The van der Waals surface area contributed by atoms with E-state index in [4.69, 9.17) is 5.73 Å². The molecule has 2 aromatic rings.